The minimum atomic E-state index is 0.0192. The first-order chi connectivity index (χ1) is 12.2. The predicted octanol–water partition coefficient (Wildman–Crippen LogP) is 2.91. The van der Waals surface area contributed by atoms with E-state index in [-0.39, 0.29) is 11.9 Å². The molecule has 1 aliphatic rings. The number of amides is 1. The van der Waals surface area contributed by atoms with Gasteiger partial charge in [-0.15, -0.1) is 0 Å². The summed E-state index contributed by atoms with van der Waals surface area (Å²) in [5.74, 6) is 1.05. The monoisotopic (exact) mass is 332 g/mol. The molecule has 0 bridgehead atoms. The summed E-state index contributed by atoms with van der Waals surface area (Å²) >= 11 is 0. The predicted molar refractivity (Wildman–Crippen MR) is 94.6 cm³/mol. The number of benzene rings is 1. The van der Waals surface area contributed by atoms with Gasteiger partial charge in [0.1, 0.15) is 5.82 Å². The van der Waals surface area contributed by atoms with Gasteiger partial charge >= 0.3 is 0 Å². The molecule has 25 heavy (non-hydrogen) atoms. The lowest BCUT2D eigenvalue weighted by Gasteiger charge is -2.37. The van der Waals surface area contributed by atoms with Crippen molar-refractivity contribution in [2.45, 2.75) is 32.5 Å². The normalized spacial score (nSPS) is 16.5. The van der Waals surface area contributed by atoms with Gasteiger partial charge in [0.15, 0.2) is 0 Å². The maximum atomic E-state index is 13.0. The lowest BCUT2D eigenvalue weighted by atomic mass is 10.0. The van der Waals surface area contributed by atoms with E-state index in [2.05, 4.69) is 33.6 Å². The molecule has 3 aromatic rings. The van der Waals surface area contributed by atoms with Gasteiger partial charge in [-0.2, -0.15) is 0 Å². The van der Waals surface area contributed by atoms with Gasteiger partial charge in [0.2, 0.25) is 5.91 Å². The highest BCUT2D eigenvalue weighted by Gasteiger charge is 2.32. The second-order valence-electron chi connectivity index (χ2n) is 6.41. The molecule has 2 aromatic heterocycles. The first-order valence-electron chi connectivity index (χ1n) is 8.46. The molecule has 0 saturated carbocycles. The summed E-state index contributed by atoms with van der Waals surface area (Å²) in [6.07, 6.45) is 5.72. The molecule has 1 aromatic carbocycles. The van der Waals surface area contributed by atoms with Crippen molar-refractivity contribution in [1.82, 2.24) is 19.4 Å². The Morgan fingerprint density at radius 3 is 2.76 bits per heavy atom. The molecule has 3 heterocycles. The second-order valence-corrected chi connectivity index (χ2v) is 6.41. The van der Waals surface area contributed by atoms with Crippen LogP contribution in [0, 0.1) is 6.92 Å². The number of rotatable bonds is 3. The highest BCUT2D eigenvalue weighted by Crippen LogP contribution is 2.30. The van der Waals surface area contributed by atoms with Gasteiger partial charge in [-0.05, 0) is 24.1 Å². The highest BCUT2D eigenvalue weighted by atomic mass is 16.2. The number of aryl methyl sites for hydroxylation is 1. The van der Waals surface area contributed by atoms with Gasteiger partial charge in [0, 0.05) is 30.8 Å². The minimum absolute atomic E-state index is 0.0192. The smallest absolute Gasteiger partial charge is 0.228 e. The Morgan fingerprint density at radius 2 is 2.00 bits per heavy atom. The van der Waals surface area contributed by atoms with Crippen molar-refractivity contribution < 1.29 is 4.79 Å². The largest absolute Gasteiger partial charge is 0.328 e. The van der Waals surface area contributed by atoms with Crippen LogP contribution >= 0.6 is 0 Å². The van der Waals surface area contributed by atoms with Crippen molar-refractivity contribution >= 4 is 5.91 Å². The van der Waals surface area contributed by atoms with Gasteiger partial charge < -0.3 is 9.47 Å². The zero-order valence-corrected chi connectivity index (χ0v) is 14.2. The molecule has 0 N–H and O–H groups in total. The number of imidazole rings is 1. The number of hydrogen-bond acceptors (Lipinski definition) is 3. The van der Waals surface area contributed by atoms with Crippen molar-refractivity contribution in [2.75, 3.05) is 0 Å². The first-order valence-corrected chi connectivity index (χ1v) is 8.46. The summed E-state index contributed by atoms with van der Waals surface area (Å²) in [6, 6.07) is 14.1. The maximum absolute atomic E-state index is 13.0. The van der Waals surface area contributed by atoms with E-state index in [0.29, 0.717) is 13.0 Å². The number of nitrogens with zero attached hydrogens (tertiary/aromatic N) is 4. The number of carbonyl (C=O) groups excluding carboxylic acids is 1. The van der Waals surface area contributed by atoms with Crippen molar-refractivity contribution in [3.05, 3.63) is 83.7 Å². The van der Waals surface area contributed by atoms with Crippen LogP contribution in [0.2, 0.25) is 0 Å². The molecule has 5 heteroatoms. The quantitative estimate of drug-likeness (QED) is 0.741. The van der Waals surface area contributed by atoms with Crippen LogP contribution in [0.5, 0.6) is 0 Å². The van der Waals surface area contributed by atoms with E-state index in [9.17, 15) is 4.79 Å². The van der Waals surface area contributed by atoms with E-state index in [1.807, 2.05) is 41.4 Å². The van der Waals surface area contributed by atoms with Gasteiger partial charge in [-0.3, -0.25) is 9.78 Å². The minimum Gasteiger partial charge on any atom is -0.328 e. The van der Waals surface area contributed by atoms with Crippen molar-refractivity contribution in [3.63, 3.8) is 0 Å². The van der Waals surface area contributed by atoms with Crippen molar-refractivity contribution in [1.29, 1.82) is 0 Å². The molecule has 5 nitrogen and oxygen atoms in total. The Labute approximate surface area is 147 Å². The van der Waals surface area contributed by atoms with Gasteiger partial charge in [0.25, 0.3) is 0 Å². The SMILES string of the molecule is Cc1cnc2n1C[C@H](c1ccccc1)N(C(=O)Cc1cccnc1)C2. The molecule has 0 saturated heterocycles. The fourth-order valence-electron chi connectivity index (χ4n) is 3.42. The van der Waals surface area contributed by atoms with Crippen LogP contribution in [0.25, 0.3) is 0 Å². The van der Waals surface area contributed by atoms with E-state index in [1.165, 1.54) is 0 Å². The van der Waals surface area contributed by atoms with Crippen LogP contribution in [0.3, 0.4) is 0 Å². The van der Waals surface area contributed by atoms with E-state index in [0.717, 1.165) is 29.2 Å². The summed E-state index contributed by atoms with van der Waals surface area (Å²) in [6.45, 7) is 3.34. The number of aromatic nitrogens is 3. The zero-order valence-electron chi connectivity index (χ0n) is 14.2. The molecule has 4 rings (SSSR count). The molecule has 1 aliphatic heterocycles. The van der Waals surface area contributed by atoms with Gasteiger partial charge in [-0.1, -0.05) is 36.4 Å². The van der Waals surface area contributed by atoms with Crippen LogP contribution in [0.1, 0.15) is 28.7 Å². The molecule has 0 spiro atoms. The van der Waals surface area contributed by atoms with Crippen LogP contribution in [0.15, 0.2) is 61.1 Å². The van der Waals surface area contributed by atoms with Crippen LogP contribution in [0.4, 0.5) is 0 Å². The van der Waals surface area contributed by atoms with E-state index in [4.69, 9.17) is 0 Å². The molecule has 0 radical (unpaired) electrons. The Hall–Kier alpha value is -2.95. The summed E-state index contributed by atoms with van der Waals surface area (Å²) in [5.41, 5.74) is 3.22. The van der Waals surface area contributed by atoms with Crippen molar-refractivity contribution in [3.8, 4) is 0 Å². The van der Waals surface area contributed by atoms with Crippen molar-refractivity contribution in [2.24, 2.45) is 0 Å². The fraction of sp³-hybridized carbons (Fsp3) is 0.250. The third-order valence-corrected chi connectivity index (χ3v) is 4.76. The number of hydrogen-bond donors (Lipinski definition) is 0. The standard InChI is InChI=1S/C20H20N4O/c1-15-11-22-19-14-24(20(25)10-16-6-5-9-21-12-16)18(13-23(15)19)17-7-3-2-4-8-17/h2-9,11-12,18H,10,13-14H2,1H3/t18-/m1/s1. The lowest BCUT2D eigenvalue weighted by molar-refractivity contribution is -0.135. The van der Waals surface area contributed by atoms with E-state index < -0.39 is 0 Å². The Bertz CT molecular complexity index is 873. The molecule has 0 fully saturated rings. The fourth-order valence-corrected chi connectivity index (χ4v) is 3.42. The van der Waals surface area contributed by atoms with Gasteiger partial charge in [0.05, 0.1) is 19.0 Å². The molecule has 0 aliphatic carbocycles. The van der Waals surface area contributed by atoms with Crippen LogP contribution in [-0.2, 0) is 24.3 Å². The molecule has 1 amide bonds. The summed E-state index contributed by atoms with van der Waals surface area (Å²) in [4.78, 5) is 23.6. The first kappa shape index (κ1) is 15.6. The average molecular weight is 332 g/mol. The Kier molecular flexibility index (Phi) is 4.06. The topological polar surface area (TPSA) is 51.0 Å². The summed E-state index contributed by atoms with van der Waals surface area (Å²) < 4.78 is 2.21. The number of fused-ring (bicyclic) bond motifs is 1. The third-order valence-electron chi connectivity index (χ3n) is 4.76. The second kappa shape index (κ2) is 6.51. The molecule has 1 atom stereocenters. The number of pyridine rings is 1. The maximum Gasteiger partial charge on any atom is 0.228 e. The van der Waals surface area contributed by atoms with Crippen LogP contribution < -0.4 is 0 Å². The molecule has 0 unspecified atom stereocenters. The van der Waals surface area contributed by atoms with E-state index >= 15 is 0 Å². The molecule has 126 valence electrons. The summed E-state index contributed by atoms with van der Waals surface area (Å²) in [7, 11) is 0. The van der Waals surface area contributed by atoms with Gasteiger partial charge in [-0.25, -0.2) is 4.98 Å². The highest BCUT2D eigenvalue weighted by molar-refractivity contribution is 5.79. The zero-order chi connectivity index (χ0) is 17.2. The average Bonchev–Trinajstić information content (AvgIpc) is 3.02. The van der Waals surface area contributed by atoms with E-state index in [1.54, 1.807) is 12.4 Å². The Morgan fingerprint density at radius 1 is 1.16 bits per heavy atom. The Balaban J connectivity index is 1.66. The summed E-state index contributed by atoms with van der Waals surface area (Å²) in [5, 5.41) is 0. The molecular weight excluding hydrogens is 312 g/mol. The lowest BCUT2D eigenvalue weighted by Crippen LogP contribution is -2.42. The molecular formula is C20H20N4O. The number of carbonyl (C=O) groups is 1. The third kappa shape index (κ3) is 3.05. The van der Waals surface area contributed by atoms with Crippen LogP contribution in [-0.4, -0.2) is 25.3 Å².